The van der Waals surface area contributed by atoms with Crippen LogP contribution >= 0.6 is 0 Å². The third-order valence-electron chi connectivity index (χ3n) is 4.72. The van der Waals surface area contributed by atoms with Crippen LogP contribution in [-0.2, 0) is 16.4 Å². The normalized spacial score (nSPS) is 24.2. The molecule has 1 aromatic rings. The van der Waals surface area contributed by atoms with Gasteiger partial charge in [0.1, 0.15) is 11.4 Å². The molecule has 2 fully saturated rings. The van der Waals surface area contributed by atoms with Crippen LogP contribution in [0.5, 0.6) is 0 Å². The van der Waals surface area contributed by atoms with E-state index < -0.39 is 10.0 Å². The molecule has 3 heterocycles. The first-order valence-corrected chi connectivity index (χ1v) is 10.0. The second-order valence-electron chi connectivity index (χ2n) is 6.37. The molecule has 8 nitrogen and oxygen atoms in total. The van der Waals surface area contributed by atoms with Crippen molar-refractivity contribution in [3.63, 3.8) is 0 Å². The van der Waals surface area contributed by atoms with E-state index in [1.807, 2.05) is 6.92 Å². The Morgan fingerprint density at radius 3 is 2.83 bits per heavy atom. The molecule has 1 N–H and O–H groups in total. The van der Waals surface area contributed by atoms with Crippen molar-refractivity contribution in [2.45, 2.75) is 45.6 Å². The van der Waals surface area contributed by atoms with Gasteiger partial charge in [0.2, 0.25) is 10.0 Å². The number of carbonyl (C=O) groups is 1. The van der Waals surface area contributed by atoms with Gasteiger partial charge in [0.15, 0.2) is 5.76 Å². The van der Waals surface area contributed by atoms with Crippen LogP contribution in [0.4, 0.5) is 10.5 Å². The molecule has 0 spiro atoms. The monoisotopic (exact) mass is 356 g/mol. The maximum Gasteiger partial charge on any atom is 0.322 e. The first kappa shape index (κ1) is 17.2. The third-order valence-corrected chi connectivity index (χ3v) is 6.72. The van der Waals surface area contributed by atoms with Crippen LogP contribution in [0.3, 0.4) is 0 Å². The number of nitrogens with one attached hydrogen (secondary N) is 1. The maximum absolute atomic E-state index is 12.6. The van der Waals surface area contributed by atoms with Gasteiger partial charge in [-0.25, -0.2) is 13.2 Å². The molecule has 2 saturated heterocycles. The summed E-state index contributed by atoms with van der Waals surface area (Å²) in [7, 11) is -3.15. The lowest BCUT2D eigenvalue weighted by molar-refractivity contribution is 0.163. The largest absolute Gasteiger partial charge is 0.359 e. The molecule has 3 rings (SSSR count). The molecular formula is C15H24N4O4S. The summed E-state index contributed by atoms with van der Waals surface area (Å²) in [6.07, 6.45) is 2.92. The Morgan fingerprint density at radius 2 is 2.17 bits per heavy atom. The second kappa shape index (κ2) is 6.72. The fourth-order valence-corrected chi connectivity index (χ4v) is 5.21. The van der Waals surface area contributed by atoms with E-state index in [2.05, 4.69) is 10.5 Å². The Labute approximate surface area is 142 Å². The summed E-state index contributed by atoms with van der Waals surface area (Å²) in [6.45, 7) is 5.34. The van der Waals surface area contributed by atoms with E-state index in [1.165, 1.54) is 0 Å². The zero-order valence-electron chi connectivity index (χ0n) is 14.1. The molecule has 1 aromatic heterocycles. The molecule has 1 atom stereocenters. The summed E-state index contributed by atoms with van der Waals surface area (Å²) < 4.78 is 31.0. The minimum Gasteiger partial charge on any atom is -0.359 e. The molecule has 0 aliphatic carbocycles. The van der Waals surface area contributed by atoms with Crippen molar-refractivity contribution in [2.75, 3.05) is 30.7 Å². The Kier molecular flexibility index (Phi) is 4.82. The Morgan fingerprint density at radius 1 is 1.38 bits per heavy atom. The number of urea groups is 1. The molecular weight excluding hydrogens is 332 g/mol. The summed E-state index contributed by atoms with van der Waals surface area (Å²) in [5.41, 5.74) is 1.27. The van der Waals surface area contributed by atoms with E-state index >= 15 is 0 Å². The summed E-state index contributed by atoms with van der Waals surface area (Å²) in [5.74, 6) is 0.867. The van der Waals surface area contributed by atoms with Crippen LogP contribution in [0.2, 0.25) is 0 Å². The first-order valence-electron chi connectivity index (χ1n) is 8.43. The molecule has 2 amide bonds. The quantitative estimate of drug-likeness (QED) is 0.887. The van der Waals surface area contributed by atoms with Crippen LogP contribution in [0.25, 0.3) is 0 Å². The topological polar surface area (TPSA) is 95.8 Å². The van der Waals surface area contributed by atoms with Crippen LogP contribution in [0, 0.1) is 6.92 Å². The highest BCUT2D eigenvalue weighted by Gasteiger charge is 2.37. The fraction of sp³-hybridized carbons (Fsp3) is 0.733. The zero-order chi connectivity index (χ0) is 17.3. The molecule has 1 unspecified atom stereocenters. The van der Waals surface area contributed by atoms with Crippen LogP contribution in [0.15, 0.2) is 4.52 Å². The number of likely N-dealkylation sites (tertiary alicyclic amines) is 1. The number of sulfonamides is 1. The lowest BCUT2D eigenvalue weighted by atomic mass is 10.1. The van der Waals surface area contributed by atoms with Crippen molar-refractivity contribution in [3.8, 4) is 0 Å². The standard InChI is InChI=1S/C15H24N4O4S/c1-3-13-14(11(2)17-23-13)16-15(20)18-7-4-6-12(10-18)19-8-5-9-24(19,21)22/h12H,3-10H2,1-2H3,(H,16,20). The van der Waals surface area contributed by atoms with Gasteiger partial charge in [-0.3, -0.25) is 0 Å². The number of carbonyl (C=O) groups excluding carboxylic acids is 1. The molecule has 0 aromatic carbocycles. The number of hydrogen-bond donors (Lipinski definition) is 1. The van der Waals surface area contributed by atoms with E-state index in [1.54, 1.807) is 16.1 Å². The van der Waals surface area contributed by atoms with Crippen molar-refractivity contribution < 1.29 is 17.7 Å². The fourth-order valence-electron chi connectivity index (χ4n) is 3.45. The summed E-state index contributed by atoms with van der Waals surface area (Å²) in [5, 5.41) is 6.76. The zero-order valence-corrected chi connectivity index (χ0v) is 14.9. The van der Waals surface area contributed by atoms with Gasteiger partial charge in [-0.1, -0.05) is 12.1 Å². The Hall–Kier alpha value is -1.61. The predicted octanol–water partition coefficient (Wildman–Crippen LogP) is 1.58. The molecule has 0 bridgehead atoms. The van der Waals surface area contributed by atoms with Crippen LogP contribution in [0.1, 0.15) is 37.6 Å². The average Bonchev–Trinajstić information content (AvgIpc) is 3.09. The van der Waals surface area contributed by atoms with Gasteiger partial charge in [0.05, 0.1) is 5.75 Å². The Balaban J connectivity index is 1.68. The van der Waals surface area contributed by atoms with Gasteiger partial charge in [-0.2, -0.15) is 4.31 Å². The van der Waals surface area contributed by atoms with Crippen molar-refractivity contribution in [2.24, 2.45) is 0 Å². The molecule has 9 heteroatoms. The molecule has 2 aliphatic rings. The van der Waals surface area contributed by atoms with Gasteiger partial charge in [0, 0.05) is 32.1 Å². The van der Waals surface area contributed by atoms with Crippen molar-refractivity contribution in [1.82, 2.24) is 14.4 Å². The minimum absolute atomic E-state index is 0.119. The lowest BCUT2D eigenvalue weighted by Crippen LogP contribution is -2.51. The average molecular weight is 356 g/mol. The maximum atomic E-state index is 12.6. The van der Waals surface area contributed by atoms with E-state index in [0.29, 0.717) is 49.6 Å². The summed E-state index contributed by atoms with van der Waals surface area (Å²) in [6, 6.07) is -0.344. The summed E-state index contributed by atoms with van der Waals surface area (Å²) in [4.78, 5) is 14.3. The van der Waals surface area contributed by atoms with Crippen LogP contribution in [-0.4, -0.2) is 60.2 Å². The molecule has 24 heavy (non-hydrogen) atoms. The van der Waals surface area contributed by atoms with Crippen molar-refractivity contribution in [3.05, 3.63) is 11.5 Å². The Bertz CT molecular complexity index is 715. The highest BCUT2D eigenvalue weighted by molar-refractivity contribution is 7.89. The van der Waals surface area contributed by atoms with E-state index in [-0.39, 0.29) is 17.8 Å². The van der Waals surface area contributed by atoms with E-state index in [9.17, 15) is 13.2 Å². The van der Waals surface area contributed by atoms with Gasteiger partial charge < -0.3 is 14.7 Å². The smallest absolute Gasteiger partial charge is 0.322 e. The second-order valence-corrected chi connectivity index (χ2v) is 8.41. The molecule has 134 valence electrons. The molecule has 0 radical (unpaired) electrons. The van der Waals surface area contributed by atoms with Gasteiger partial charge in [0.25, 0.3) is 0 Å². The minimum atomic E-state index is -3.15. The number of nitrogens with zero attached hydrogens (tertiary/aromatic N) is 3. The number of anilines is 1. The number of piperidine rings is 1. The van der Waals surface area contributed by atoms with Crippen LogP contribution < -0.4 is 5.32 Å². The molecule has 2 aliphatic heterocycles. The van der Waals surface area contributed by atoms with Crippen molar-refractivity contribution in [1.29, 1.82) is 0 Å². The third kappa shape index (κ3) is 3.27. The number of hydrogen-bond acceptors (Lipinski definition) is 5. The van der Waals surface area contributed by atoms with Crippen molar-refractivity contribution >= 4 is 21.7 Å². The number of amides is 2. The summed E-state index contributed by atoms with van der Waals surface area (Å²) >= 11 is 0. The first-order chi connectivity index (χ1) is 11.4. The SMILES string of the molecule is CCc1onc(C)c1NC(=O)N1CCCC(N2CCCS2(=O)=O)C1. The van der Waals surface area contributed by atoms with Gasteiger partial charge >= 0.3 is 6.03 Å². The number of aryl methyl sites for hydroxylation is 2. The number of rotatable bonds is 3. The highest BCUT2D eigenvalue weighted by Crippen LogP contribution is 2.25. The highest BCUT2D eigenvalue weighted by atomic mass is 32.2. The van der Waals surface area contributed by atoms with Gasteiger partial charge in [-0.15, -0.1) is 0 Å². The van der Waals surface area contributed by atoms with E-state index in [0.717, 1.165) is 12.8 Å². The predicted molar refractivity (Wildman–Crippen MR) is 89.3 cm³/mol. The molecule has 0 saturated carbocycles. The van der Waals surface area contributed by atoms with E-state index in [4.69, 9.17) is 4.52 Å². The van der Waals surface area contributed by atoms with Gasteiger partial charge in [-0.05, 0) is 26.2 Å². The lowest BCUT2D eigenvalue weighted by Gasteiger charge is -2.36. The number of aromatic nitrogens is 1.